The number of imidazole rings is 1. The Morgan fingerprint density at radius 2 is 1.95 bits per heavy atom. The second-order valence-corrected chi connectivity index (χ2v) is 6.14. The van der Waals surface area contributed by atoms with E-state index in [1.807, 2.05) is 20.8 Å². The average Bonchev–Trinajstić information content (AvgIpc) is 2.75. The molecule has 21 heavy (non-hydrogen) atoms. The van der Waals surface area contributed by atoms with Crippen molar-refractivity contribution < 1.29 is 14.7 Å². The van der Waals surface area contributed by atoms with E-state index in [4.69, 9.17) is 10.8 Å². The van der Waals surface area contributed by atoms with Crippen molar-refractivity contribution >= 4 is 22.9 Å². The number of benzene rings is 1. The Morgan fingerprint density at radius 3 is 2.43 bits per heavy atom. The molecule has 0 saturated carbocycles. The van der Waals surface area contributed by atoms with Gasteiger partial charge < -0.3 is 15.4 Å². The first-order chi connectivity index (χ1) is 9.62. The molecule has 0 spiro atoms. The van der Waals surface area contributed by atoms with E-state index in [0.29, 0.717) is 16.9 Å². The minimum absolute atomic E-state index is 0.153. The minimum atomic E-state index is -1.02. The van der Waals surface area contributed by atoms with Crippen LogP contribution < -0.4 is 5.73 Å². The van der Waals surface area contributed by atoms with Gasteiger partial charge in [0.25, 0.3) is 0 Å². The fourth-order valence-corrected chi connectivity index (χ4v) is 2.27. The van der Waals surface area contributed by atoms with Crippen molar-refractivity contribution in [1.29, 1.82) is 0 Å². The number of carboxylic acids is 1. The summed E-state index contributed by atoms with van der Waals surface area (Å²) in [5.74, 6) is -0.805. The Morgan fingerprint density at radius 1 is 1.33 bits per heavy atom. The summed E-state index contributed by atoms with van der Waals surface area (Å²) in [6, 6.07) is 4.08. The highest BCUT2D eigenvalue weighted by Gasteiger charge is 2.27. The maximum absolute atomic E-state index is 11.6. The van der Waals surface area contributed by atoms with Gasteiger partial charge >= 0.3 is 5.97 Å². The number of amides is 1. The van der Waals surface area contributed by atoms with Gasteiger partial charge in [0.1, 0.15) is 11.9 Å². The summed E-state index contributed by atoms with van der Waals surface area (Å²) in [4.78, 5) is 27.3. The molecular weight excluding hydrogens is 270 g/mol. The van der Waals surface area contributed by atoms with E-state index in [-0.39, 0.29) is 11.0 Å². The van der Waals surface area contributed by atoms with Crippen LogP contribution in [0, 0.1) is 0 Å². The Kier molecular flexibility index (Phi) is 3.49. The summed E-state index contributed by atoms with van der Waals surface area (Å²) in [7, 11) is 0. The number of carbonyl (C=O) groups excluding carboxylic acids is 1. The van der Waals surface area contributed by atoms with E-state index in [0.717, 1.165) is 0 Å². The molecule has 0 aliphatic rings. The third kappa shape index (κ3) is 2.61. The second-order valence-electron chi connectivity index (χ2n) is 6.14. The smallest absolute Gasteiger partial charge is 0.335 e. The Balaban J connectivity index is 2.82. The molecule has 1 unspecified atom stereocenters. The summed E-state index contributed by atoms with van der Waals surface area (Å²) < 4.78 is 1.73. The molecule has 0 radical (unpaired) electrons. The molecule has 6 heteroatoms. The van der Waals surface area contributed by atoms with Crippen molar-refractivity contribution in [3.05, 3.63) is 29.6 Å². The van der Waals surface area contributed by atoms with Crippen molar-refractivity contribution in [2.45, 2.75) is 39.2 Å². The summed E-state index contributed by atoms with van der Waals surface area (Å²) in [5, 5.41) is 9.13. The largest absolute Gasteiger partial charge is 0.478 e. The monoisotopic (exact) mass is 289 g/mol. The number of primary amides is 1. The lowest BCUT2D eigenvalue weighted by molar-refractivity contribution is -0.120. The van der Waals surface area contributed by atoms with Gasteiger partial charge in [-0.1, -0.05) is 20.8 Å². The average molecular weight is 289 g/mol. The minimum Gasteiger partial charge on any atom is -0.478 e. The number of carboxylic acid groups (broad SMARTS) is 1. The Labute approximate surface area is 122 Å². The molecule has 6 nitrogen and oxygen atoms in total. The number of hydrogen-bond donors (Lipinski definition) is 2. The lowest BCUT2D eigenvalue weighted by atomic mass is 9.95. The zero-order chi connectivity index (χ0) is 15.9. The van der Waals surface area contributed by atoms with Gasteiger partial charge in [0, 0.05) is 5.41 Å². The number of nitrogens with two attached hydrogens (primary N) is 1. The Hall–Kier alpha value is -2.37. The predicted octanol–water partition coefficient (Wildman–Crippen LogP) is 2.08. The van der Waals surface area contributed by atoms with Crippen LogP contribution >= 0.6 is 0 Å². The van der Waals surface area contributed by atoms with E-state index in [1.54, 1.807) is 17.6 Å². The topological polar surface area (TPSA) is 98.2 Å². The molecule has 2 rings (SSSR count). The molecule has 0 aliphatic heterocycles. The first-order valence-corrected chi connectivity index (χ1v) is 6.68. The number of aromatic carboxylic acids is 1. The van der Waals surface area contributed by atoms with Gasteiger partial charge in [-0.05, 0) is 25.1 Å². The molecular formula is C15H19N3O3. The standard InChI is InChI=1S/C15H19N3O3/c1-8(12(16)19)18-11-7-9(13(20)21)5-6-10(11)17-14(18)15(2,3)4/h5-8H,1-4H3,(H2,16,19)(H,20,21). The van der Waals surface area contributed by atoms with Gasteiger partial charge in [-0.2, -0.15) is 0 Å². The molecule has 1 aromatic heterocycles. The molecule has 1 amide bonds. The molecule has 0 saturated heterocycles. The maximum Gasteiger partial charge on any atom is 0.335 e. The van der Waals surface area contributed by atoms with Crippen LogP contribution in [0.25, 0.3) is 11.0 Å². The molecule has 1 aromatic carbocycles. The van der Waals surface area contributed by atoms with Gasteiger partial charge in [0.05, 0.1) is 16.6 Å². The number of aromatic nitrogens is 2. The normalized spacial score (nSPS) is 13.3. The zero-order valence-electron chi connectivity index (χ0n) is 12.5. The lowest BCUT2D eigenvalue weighted by Crippen LogP contribution is -2.29. The maximum atomic E-state index is 11.6. The summed E-state index contributed by atoms with van der Waals surface area (Å²) >= 11 is 0. The molecule has 0 aliphatic carbocycles. The molecule has 112 valence electrons. The molecule has 0 fully saturated rings. The fraction of sp³-hybridized carbons (Fsp3) is 0.400. The van der Waals surface area contributed by atoms with Crippen molar-refractivity contribution in [3.8, 4) is 0 Å². The van der Waals surface area contributed by atoms with Crippen molar-refractivity contribution in [2.75, 3.05) is 0 Å². The number of hydrogen-bond acceptors (Lipinski definition) is 3. The van der Waals surface area contributed by atoms with E-state index >= 15 is 0 Å². The molecule has 0 bridgehead atoms. The van der Waals surface area contributed by atoms with Crippen LogP contribution in [0.1, 0.15) is 49.9 Å². The summed E-state index contributed by atoms with van der Waals surface area (Å²) in [6.07, 6.45) is 0. The highest BCUT2D eigenvalue weighted by Crippen LogP contribution is 2.30. The van der Waals surface area contributed by atoms with Crippen molar-refractivity contribution in [2.24, 2.45) is 5.73 Å². The first-order valence-electron chi connectivity index (χ1n) is 6.68. The van der Waals surface area contributed by atoms with E-state index < -0.39 is 17.9 Å². The molecule has 2 aromatic rings. The zero-order valence-corrected chi connectivity index (χ0v) is 12.5. The van der Waals surface area contributed by atoms with Crippen molar-refractivity contribution in [1.82, 2.24) is 9.55 Å². The van der Waals surface area contributed by atoms with E-state index in [9.17, 15) is 9.59 Å². The first kappa shape index (κ1) is 15.0. The van der Waals surface area contributed by atoms with Crippen LogP contribution in [-0.4, -0.2) is 26.5 Å². The quantitative estimate of drug-likeness (QED) is 0.903. The van der Waals surface area contributed by atoms with Crippen molar-refractivity contribution in [3.63, 3.8) is 0 Å². The van der Waals surface area contributed by atoms with Crippen LogP contribution in [0.5, 0.6) is 0 Å². The van der Waals surface area contributed by atoms with Crippen LogP contribution in [-0.2, 0) is 10.2 Å². The SMILES string of the molecule is CC(C(N)=O)n1c(C(C)(C)C)nc2ccc(C(=O)O)cc21. The number of carbonyl (C=O) groups is 2. The van der Waals surface area contributed by atoms with E-state index in [1.165, 1.54) is 12.1 Å². The number of rotatable bonds is 3. The molecule has 3 N–H and O–H groups in total. The summed E-state index contributed by atoms with van der Waals surface area (Å²) in [5.41, 5.74) is 6.53. The predicted molar refractivity (Wildman–Crippen MR) is 79.3 cm³/mol. The van der Waals surface area contributed by atoms with Gasteiger partial charge in [-0.15, -0.1) is 0 Å². The van der Waals surface area contributed by atoms with Gasteiger partial charge in [-0.3, -0.25) is 4.79 Å². The Bertz CT molecular complexity index is 726. The fourth-order valence-electron chi connectivity index (χ4n) is 2.27. The van der Waals surface area contributed by atoms with Gasteiger partial charge in [0.2, 0.25) is 5.91 Å². The van der Waals surface area contributed by atoms with Gasteiger partial charge in [0.15, 0.2) is 0 Å². The second kappa shape index (κ2) is 4.87. The molecule has 1 heterocycles. The van der Waals surface area contributed by atoms with Crippen LogP contribution in [0.2, 0.25) is 0 Å². The lowest BCUT2D eigenvalue weighted by Gasteiger charge is -2.23. The number of fused-ring (bicyclic) bond motifs is 1. The van der Waals surface area contributed by atoms with Crippen LogP contribution in [0.3, 0.4) is 0 Å². The van der Waals surface area contributed by atoms with Crippen LogP contribution in [0.4, 0.5) is 0 Å². The third-order valence-corrected chi connectivity index (χ3v) is 3.41. The highest BCUT2D eigenvalue weighted by molar-refractivity contribution is 5.93. The highest BCUT2D eigenvalue weighted by atomic mass is 16.4. The third-order valence-electron chi connectivity index (χ3n) is 3.41. The van der Waals surface area contributed by atoms with E-state index in [2.05, 4.69) is 4.98 Å². The summed E-state index contributed by atoms with van der Waals surface area (Å²) in [6.45, 7) is 7.63. The molecule has 1 atom stereocenters. The van der Waals surface area contributed by atoms with Gasteiger partial charge in [-0.25, -0.2) is 9.78 Å². The number of nitrogens with zero attached hydrogens (tertiary/aromatic N) is 2. The van der Waals surface area contributed by atoms with Crippen LogP contribution in [0.15, 0.2) is 18.2 Å².